The van der Waals surface area contributed by atoms with Crippen LogP contribution in [-0.2, 0) is 4.79 Å². The highest BCUT2D eigenvalue weighted by Gasteiger charge is 2.37. The predicted octanol–water partition coefficient (Wildman–Crippen LogP) is 3.62. The minimum Gasteiger partial charge on any atom is -0.480 e. The molecule has 0 aliphatic heterocycles. The summed E-state index contributed by atoms with van der Waals surface area (Å²) in [5.74, 6) is -1.61. The number of nitrogens with one attached hydrogen (secondary N) is 1. The molecule has 0 aromatic heterocycles. The second-order valence-electron chi connectivity index (χ2n) is 4.49. The molecule has 0 spiro atoms. The van der Waals surface area contributed by atoms with Crippen molar-refractivity contribution >= 4 is 27.6 Å². The van der Waals surface area contributed by atoms with E-state index >= 15 is 0 Å². The molecule has 1 aromatic rings. The molecule has 1 atom stereocenters. The number of carbonyl (C=O) groups is 1. The number of carboxylic acid groups (broad SMARTS) is 1. The second kappa shape index (κ2) is 5.51. The van der Waals surface area contributed by atoms with Crippen LogP contribution in [-0.4, -0.2) is 23.5 Å². The molecular formula is C12H11BrF3NO3. The lowest BCUT2D eigenvalue weighted by molar-refractivity contribution is -0.274. The fraction of sp³-hybridized carbons (Fsp3) is 0.417. The van der Waals surface area contributed by atoms with E-state index in [0.29, 0.717) is 4.47 Å². The molecule has 1 aliphatic rings. The molecule has 2 rings (SSSR count). The summed E-state index contributed by atoms with van der Waals surface area (Å²) in [6.45, 7) is 0. The quantitative estimate of drug-likeness (QED) is 0.848. The number of halogens is 4. The van der Waals surface area contributed by atoms with Crippen LogP contribution in [0.2, 0.25) is 0 Å². The Morgan fingerprint density at radius 2 is 2.10 bits per heavy atom. The predicted molar refractivity (Wildman–Crippen MR) is 68.6 cm³/mol. The molecule has 1 unspecified atom stereocenters. The van der Waals surface area contributed by atoms with Gasteiger partial charge in [-0.3, -0.25) is 0 Å². The molecule has 8 heteroatoms. The van der Waals surface area contributed by atoms with Crippen molar-refractivity contribution in [3.8, 4) is 5.75 Å². The second-order valence-corrected chi connectivity index (χ2v) is 5.40. The highest BCUT2D eigenvalue weighted by atomic mass is 79.9. The third kappa shape index (κ3) is 4.03. The van der Waals surface area contributed by atoms with Crippen LogP contribution in [0.5, 0.6) is 5.75 Å². The first-order chi connectivity index (χ1) is 9.26. The Hall–Kier alpha value is -1.44. The molecule has 2 N–H and O–H groups in total. The van der Waals surface area contributed by atoms with Crippen molar-refractivity contribution in [2.24, 2.45) is 5.92 Å². The zero-order valence-corrected chi connectivity index (χ0v) is 11.7. The SMILES string of the molecule is O=C(O)C(Nc1ccc(Br)cc1OC(F)(F)F)C1CC1. The summed E-state index contributed by atoms with van der Waals surface area (Å²) in [7, 11) is 0. The fourth-order valence-corrected chi connectivity index (χ4v) is 2.14. The molecule has 20 heavy (non-hydrogen) atoms. The molecule has 1 saturated carbocycles. The van der Waals surface area contributed by atoms with Gasteiger partial charge < -0.3 is 15.2 Å². The van der Waals surface area contributed by atoms with E-state index in [1.165, 1.54) is 12.1 Å². The monoisotopic (exact) mass is 353 g/mol. The lowest BCUT2D eigenvalue weighted by Crippen LogP contribution is -2.31. The highest BCUT2D eigenvalue weighted by molar-refractivity contribution is 9.10. The maximum absolute atomic E-state index is 12.3. The van der Waals surface area contributed by atoms with Gasteiger partial charge in [-0.2, -0.15) is 0 Å². The van der Waals surface area contributed by atoms with E-state index in [-0.39, 0.29) is 11.6 Å². The zero-order chi connectivity index (χ0) is 14.9. The molecule has 0 bridgehead atoms. The molecule has 110 valence electrons. The normalized spacial score (nSPS) is 16.6. The maximum Gasteiger partial charge on any atom is 0.573 e. The van der Waals surface area contributed by atoms with Crippen molar-refractivity contribution in [1.82, 2.24) is 0 Å². The van der Waals surface area contributed by atoms with Crippen LogP contribution in [0.4, 0.5) is 18.9 Å². The summed E-state index contributed by atoms with van der Waals surface area (Å²) in [5, 5.41) is 11.7. The average molecular weight is 354 g/mol. The van der Waals surface area contributed by atoms with Crippen LogP contribution in [0, 0.1) is 5.92 Å². The van der Waals surface area contributed by atoms with E-state index in [0.717, 1.165) is 18.9 Å². The Kier molecular flexibility index (Phi) is 4.12. The van der Waals surface area contributed by atoms with Crippen molar-refractivity contribution in [3.63, 3.8) is 0 Å². The lowest BCUT2D eigenvalue weighted by atomic mass is 10.1. The van der Waals surface area contributed by atoms with E-state index in [2.05, 4.69) is 26.0 Å². The van der Waals surface area contributed by atoms with Gasteiger partial charge in [0.05, 0.1) is 5.69 Å². The first-order valence-corrected chi connectivity index (χ1v) is 6.60. The molecule has 0 amide bonds. The number of alkyl halides is 3. The molecule has 1 aliphatic carbocycles. The summed E-state index contributed by atoms with van der Waals surface area (Å²) in [6, 6.07) is 3.09. The van der Waals surface area contributed by atoms with Gasteiger partial charge in [-0.15, -0.1) is 13.2 Å². The Balaban J connectivity index is 2.23. The summed E-state index contributed by atoms with van der Waals surface area (Å²) in [5.41, 5.74) is 0.00447. The lowest BCUT2D eigenvalue weighted by Gasteiger charge is -2.19. The number of hydrogen-bond acceptors (Lipinski definition) is 3. The molecule has 0 radical (unpaired) electrons. The molecule has 1 aromatic carbocycles. The first-order valence-electron chi connectivity index (χ1n) is 5.81. The third-order valence-electron chi connectivity index (χ3n) is 2.84. The topological polar surface area (TPSA) is 58.6 Å². The molecule has 0 saturated heterocycles. The number of carboxylic acids is 1. The summed E-state index contributed by atoms with van der Waals surface area (Å²) in [6.07, 6.45) is -3.35. The minimum atomic E-state index is -4.84. The van der Waals surface area contributed by atoms with Gasteiger partial charge in [-0.25, -0.2) is 4.79 Å². The molecular weight excluding hydrogens is 343 g/mol. The number of ether oxygens (including phenoxy) is 1. The summed E-state index contributed by atoms with van der Waals surface area (Å²) in [4.78, 5) is 11.1. The van der Waals surface area contributed by atoms with Gasteiger partial charge in [0, 0.05) is 4.47 Å². The summed E-state index contributed by atoms with van der Waals surface area (Å²) < 4.78 is 41.3. The Morgan fingerprint density at radius 3 is 2.60 bits per heavy atom. The number of benzene rings is 1. The Labute approximate surface area is 121 Å². The standard InChI is InChI=1S/C12H11BrF3NO3/c13-7-3-4-8(9(5-7)20-12(14,15)16)17-10(11(18)19)6-1-2-6/h3-6,10,17H,1-2H2,(H,18,19). The van der Waals surface area contributed by atoms with Crippen molar-refractivity contribution < 1.29 is 27.8 Å². The van der Waals surface area contributed by atoms with Crippen molar-refractivity contribution in [2.75, 3.05) is 5.32 Å². The Morgan fingerprint density at radius 1 is 1.45 bits per heavy atom. The van der Waals surface area contributed by atoms with Gasteiger partial charge in [-0.1, -0.05) is 15.9 Å². The van der Waals surface area contributed by atoms with E-state index in [4.69, 9.17) is 5.11 Å². The van der Waals surface area contributed by atoms with Crippen LogP contribution in [0.25, 0.3) is 0 Å². The van der Waals surface area contributed by atoms with Crippen LogP contribution in [0.1, 0.15) is 12.8 Å². The number of hydrogen-bond donors (Lipinski definition) is 2. The maximum atomic E-state index is 12.3. The highest BCUT2D eigenvalue weighted by Crippen LogP contribution is 2.38. The largest absolute Gasteiger partial charge is 0.573 e. The fourth-order valence-electron chi connectivity index (χ4n) is 1.80. The Bertz CT molecular complexity index is 517. The van der Waals surface area contributed by atoms with Crippen molar-refractivity contribution in [3.05, 3.63) is 22.7 Å². The van der Waals surface area contributed by atoms with Gasteiger partial charge in [0.25, 0.3) is 0 Å². The van der Waals surface area contributed by atoms with Crippen LogP contribution in [0.15, 0.2) is 22.7 Å². The van der Waals surface area contributed by atoms with Gasteiger partial charge in [0.2, 0.25) is 0 Å². The van der Waals surface area contributed by atoms with Crippen molar-refractivity contribution in [1.29, 1.82) is 0 Å². The number of aliphatic carboxylic acids is 1. The van der Waals surface area contributed by atoms with Crippen LogP contribution >= 0.6 is 15.9 Å². The average Bonchev–Trinajstić information content (AvgIpc) is 3.09. The van der Waals surface area contributed by atoms with E-state index in [1.807, 2.05) is 0 Å². The van der Waals surface area contributed by atoms with Crippen LogP contribution < -0.4 is 10.1 Å². The molecule has 4 nitrogen and oxygen atoms in total. The number of anilines is 1. The third-order valence-corrected chi connectivity index (χ3v) is 3.33. The van der Waals surface area contributed by atoms with Gasteiger partial charge in [0.1, 0.15) is 6.04 Å². The molecule has 0 heterocycles. The number of rotatable bonds is 5. The summed E-state index contributed by atoms with van der Waals surface area (Å²) >= 11 is 3.05. The minimum absolute atomic E-state index is 0.00447. The zero-order valence-electron chi connectivity index (χ0n) is 10.1. The van der Waals surface area contributed by atoms with E-state index in [1.54, 1.807) is 0 Å². The van der Waals surface area contributed by atoms with Crippen LogP contribution in [0.3, 0.4) is 0 Å². The van der Waals surface area contributed by atoms with Gasteiger partial charge in [0.15, 0.2) is 5.75 Å². The van der Waals surface area contributed by atoms with Gasteiger partial charge in [-0.05, 0) is 37.0 Å². The van der Waals surface area contributed by atoms with Crippen molar-refractivity contribution in [2.45, 2.75) is 25.2 Å². The van der Waals surface area contributed by atoms with E-state index < -0.39 is 24.1 Å². The smallest absolute Gasteiger partial charge is 0.480 e. The first kappa shape index (κ1) is 15.0. The van der Waals surface area contributed by atoms with Gasteiger partial charge >= 0.3 is 12.3 Å². The molecule has 1 fully saturated rings. The van der Waals surface area contributed by atoms with E-state index in [9.17, 15) is 18.0 Å².